The molecular formula is C35H39N5O8. The molecule has 1 fully saturated rings. The maximum absolute atomic E-state index is 12.8. The van der Waals surface area contributed by atoms with Crippen LogP contribution in [0.15, 0.2) is 95.6 Å². The average Bonchev–Trinajstić information content (AvgIpc) is 3.66. The number of nitrogens with zero attached hydrogens (tertiary/aromatic N) is 3. The Kier molecular flexibility index (Phi) is 9.58. The number of fused-ring (bicyclic) bond motifs is 1. The highest BCUT2D eigenvalue weighted by Gasteiger charge is 2.50. The minimum absolute atomic E-state index is 0.0204. The number of aliphatic hydroxyl groups is 1. The van der Waals surface area contributed by atoms with Gasteiger partial charge in [0, 0.05) is 27.1 Å². The van der Waals surface area contributed by atoms with Crippen LogP contribution in [0.4, 0.5) is 5.95 Å². The van der Waals surface area contributed by atoms with E-state index >= 15 is 0 Å². The molecule has 0 unspecified atom stereocenters. The molecule has 0 saturated carbocycles. The summed E-state index contributed by atoms with van der Waals surface area (Å²) >= 11 is 0. The molecule has 2 aliphatic rings. The van der Waals surface area contributed by atoms with Crippen LogP contribution in [0.2, 0.25) is 0 Å². The lowest BCUT2D eigenvalue weighted by atomic mass is 9.77. The fourth-order valence-electron chi connectivity index (χ4n) is 6.31. The van der Waals surface area contributed by atoms with Crippen LogP contribution >= 0.6 is 0 Å². The standard InChI is InChI=1S/C35H39N5O8/c1-4-11-26(41)48-29-28(42)25(47-32(29)40-21-37-27-30(40)38-33(36)39-31(27)43)20-46-35(22-12-7-5-8-13-22,23-14-9-6-10-15-23)24-16-18-34(44-2,45-3)19-17-24/h5-10,12-18,21,25,28-29,32,42H,4,11,19-20H2,1-3H3,(H3,36,38,39,43)/t25-,28-,29-,32-/m1/s1. The van der Waals surface area contributed by atoms with Crippen LogP contribution < -0.4 is 11.3 Å². The molecule has 252 valence electrons. The van der Waals surface area contributed by atoms with Gasteiger partial charge < -0.3 is 34.5 Å². The second-order valence-corrected chi connectivity index (χ2v) is 11.7. The summed E-state index contributed by atoms with van der Waals surface area (Å²) in [4.78, 5) is 36.2. The number of anilines is 1. The van der Waals surface area contributed by atoms with E-state index in [2.05, 4.69) is 15.0 Å². The van der Waals surface area contributed by atoms with Gasteiger partial charge >= 0.3 is 5.97 Å². The SMILES string of the molecule is CCCC(=O)O[C@@H]1[C@H](O)[C@@H](COC(C2=CCC(OC)(OC)C=C2)(c2ccccc2)c2ccccc2)O[C@H]1n1cnc2c(=O)[nH]c(N)nc21. The van der Waals surface area contributed by atoms with E-state index in [-0.39, 0.29) is 30.1 Å². The molecule has 13 heteroatoms. The van der Waals surface area contributed by atoms with Gasteiger partial charge in [0.15, 0.2) is 29.3 Å². The molecule has 48 heavy (non-hydrogen) atoms. The van der Waals surface area contributed by atoms with E-state index in [1.165, 1.54) is 10.9 Å². The highest BCUT2D eigenvalue weighted by molar-refractivity contribution is 5.71. The molecule has 4 atom stereocenters. The number of aromatic amines is 1. The van der Waals surface area contributed by atoms with E-state index in [9.17, 15) is 14.7 Å². The zero-order valence-electron chi connectivity index (χ0n) is 26.9. The molecule has 1 aliphatic carbocycles. The first-order valence-corrected chi connectivity index (χ1v) is 15.8. The number of nitrogens with one attached hydrogen (secondary N) is 1. The number of hydrogen-bond donors (Lipinski definition) is 3. The van der Waals surface area contributed by atoms with Gasteiger partial charge in [-0.1, -0.05) is 79.7 Å². The number of benzene rings is 2. The topological polar surface area (TPSA) is 173 Å². The second kappa shape index (κ2) is 13.8. The predicted octanol–water partition coefficient (Wildman–Crippen LogP) is 3.51. The number of carbonyl (C=O) groups is 1. The molecule has 2 aromatic carbocycles. The van der Waals surface area contributed by atoms with Crippen LogP contribution in [-0.4, -0.2) is 75.5 Å². The largest absolute Gasteiger partial charge is 0.455 e. The van der Waals surface area contributed by atoms with Gasteiger partial charge in [-0.2, -0.15) is 4.98 Å². The van der Waals surface area contributed by atoms with Gasteiger partial charge in [0.25, 0.3) is 5.56 Å². The van der Waals surface area contributed by atoms with Crippen LogP contribution in [0, 0.1) is 0 Å². The summed E-state index contributed by atoms with van der Waals surface area (Å²) < 4.78 is 32.0. The van der Waals surface area contributed by atoms with Gasteiger partial charge in [-0.25, -0.2) is 4.98 Å². The summed E-state index contributed by atoms with van der Waals surface area (Å²) in [5.41, 5.74) is 6.78. The van der Waals surface area contributed by atoms with Crippen molar-refractivity contribution in [3.8, 4) is 0 Å². The Bertz CT molecular complexity index is 1810. The van der Waals surface area contributed by atoms with E-state index in [1.54, 1.807) is 14.2 Å². The lowest BCUT2D eigenvalue weighted by molar-refractivity contribution is -0.168. The monoisotopic (exact) mass is 657 g/mol. The number of ether oxygens (including phenoxy) is 5. The van der Waals surface area contributed by atoms with E-state index in [0.29, 0.717) is 12.8 Å². The van der Waals surface area contributed by atoms with Crippen molar-refractivity contribution in [1.29, 1.82) is 0 Å². The third-order valence-electron chi connectivity index (χ3n) is 8.80. The lowest BCUT2D eigenvalue weighted by Gasteiger charge is -2.40. The van der Waals surface area contributed by atoms with Crippen molar-refractivity contribution in [2.24, 2.45) is 0 Å². The van der Waals surface area contributed by atoms with Crippen molar-refractivity contribution in [3.63, 3.8) is 0 Å². The quantitative estimate of drug-likeness (QED) is 0.150. The number of aromatic nitrogens is 4. The maximum Gasteiger partial charge on any atom is 0.306 e. The minimum Gasteiger partial charge on any atom is -0.455 e. The highest BCUT2D eigenvalue weighted by atomic mass is 16.7. The lowest BCUT2D eigenvalue weighted by Crippen LogP contribution is -2.42. The van der Waals surface area contributed by atoms with E-state index < -0.39 is 47.5 Å². The summed E-state index contributed by atoms with van der Waals surface area (Å²) in [6.07, 6.45) is 3.69. The Labute approximate surface area is 277 Å². The molecule has 4 N–H and O–H groups in total. The first-order valence-electron chi connectivity index (χ1n) is 15.8. The normalized spacial score (nSPS) is 22.1. The van der Waals surface area contributed by atoms with E-state index in [4.69, 9.17) is 29.4 Å². The van der Waals surface area contributed by atoms with Crippen LogP contribution in [0.5, 0.6) is 0 Å². The molecule has 4 aromatic rings. The maximum atomic E-state index is 12.8. The summed E-state index contributed by atoms with van der Waals surface area (Å²) in [7, 11) is 3.18. The minimum atomic E-state index is -1.32. The first-order chi connectivity index (χ1) is 23.2. The van der Waals surface area contributed by atoms with Crippen LogP contribution in [-0.2, 0) is 34.1 Å². The Morgan fingerprint density at radius 1 is 1.12 bits per heavy atom. The molecule has 1 saturated heterocycles. The molecule has 0 amide bonds. The van der Waals surface area contributed by atoms with Gasteiger partial charge in [0.2, 0.25) is 5.95 Å². The number of nitrogens with two attached hydrogens (primary N) is 1. The molecule has 0 spiro atoms. The Hall–Kier alpha value is -4.66. The van der Waals surface area contributed by atoms with Crippen molar-refractivity contribution in [3.05, 3.63) is 112 Å². The number of H-pyrrole nitrogens is 1. The zero-order valence-corrected chi connectivity index (χ0v) is 26.9. The van der Waals surface area contributed by atoms with Gasteiger partial charge in [-0.15, -0.1) is 0 Å². The Balaban J connectivity index is 1.40. The molecule has 0 radical (unpaired) electrons. The van der Waals surface area contributed by atoms with Crippen molar-refractivity contribution in [2.45, 2.75) is 62.1 Å². The molecule has 3 heterocycles. The van der Waals surface area contributed by atoms with Gasteiger partial charge in [0.05, 0.1) is 12.9 Å². The number of imidazole rings is 1. The number of nitrogen functional groups attached to an aromatic ring is 1. The van der Waals surface area contributed by atoms with Crippen LogP contribution in [0.1, 0.15) is 43.5 Å². The Morgan fingerprint density at radius 3 is 2.38 bits per heavy atom. The third-order valence-corrected chi connectivity index (χ3v) is 8.80. The van der Waals surface area contributed by atoms with Gasteiger partial charge in [0.1, 0.15) is 17.8 Å². The van der Waals surface area contributed by atoms with Crippen LogP contribution in [0.25, 0.3) is 11.2 Å². The van der Waals surface area contributed by atoms with Crippen molar-refractivity contribution < 1.29 is 33.6 Å². The number of methoxy groups -OCH3 is 2. The number of hydrogen-bond acceptors (Lipinski definition) is 11. The van der Waals surface area contributed by atoms with E-state index in [1.807, 2.05) is 85.8 Å². The van der Waals surface area contributed by atoms with Crippen molar-refractivity contribution in [2.75, 3.05) is 26.6 Å². The number of rotatable bonds is 12. The molecular weight excluding hydrogens is 618 g/mol. The van der Waals surface area contributed by atoms with Crippen molar-refractivity contribution in [1.82, 2.24) is 19.5 Å². The molecule has 1 aliphatic heterocycles. The first kappa shape index (κ1) is 33.2. The number of esters is 1. The second-order valence-electron chi connectivity index (χ2n) is 11.7. The Morgan fingerprint density at radius 2 is 1.79 bits per heavy atom. The highest BCUT2D eigenvalue weighted by Crippen LogP contribution is 2.45. The van der Waals surface area contributed by atoms with Gasteiger partial charge in [-0.05, 0) is 29.2 Å². The summed E-state index contributed by atoms with van der Waals surface area (Å²) in [6.45, 7) is 1.72. The van der Waals surface area contributed by atoms with Crippen LogP contribution in [0.3, 0.4) is 0 Å². The van der Waals surface area contributed by atoms with E-state index in [0.717, 1.165) is 16.7 Å². The average molecular weight is 658 g/mol. The fraction of sp³-hybridized carbons (Fsp3) is 0.371. The third kappa shape index (κ3) is 6.06. The van der Waals surface area contributed by atoms with Crippen molar-refractivity contribution >= 4 is 23.1 Å². The smallest absolute Gasteiger partial charge is 0.306 e. The summed E-state index contributed by atoms with van der Waals surface area (Å²) in [5.74, 6) is -1.56. The predicted molar refractivity (Wildman–Crippen MR) is 175 cm³/mol. The molecule has 0 bridgehead atoms. The number of aliphatic hydroxyl groups excluding tert-OH is 1. The molecule has 2 aromatic heterocycles. The molecule has 6 rings (SSSR count). The fourth-order valence-corrected chi connectivity index (χ4v) is 6.31. The number of carbonyl (C=O) groups excluding carboxylic acids is 1. The zero-order chi connectivity index (χ0) is 33.9. The summed E-state index contributed by atoms with van der Waals surface area (Å²) in [6, 6.07) is 19.5. The molecule has 13 nitrogen and oxygen atoms in total. The summed E-state index contributed by atoms with van der Waals surface area (Å²) in [5, 5.41) is 11.7. The van der Waals surface area contributed by atoms with Gasteiger partial charge in [-0.3, -0.25) is 19.1 Å².